The van der Waals surface area contributed by atoms with Crippen molar-refractivity contribution in [2.24, 2.45) is 0 Å². The fraction of sp³-hybridized carbons (Fsp3) is 0.800. The minimum atomic E-state index is 0.376. The molecule has 11 nitrogen and oxygen atoms in total. The summed E-state index contributed by atoms with van der Waals surface area (Å²) >= 11 is 0. The SMILES string of the molecule is c1ccc(COCCOCCOCCOCCOCCOCCOCCOCCOCCOC2CCNCC2)cc1. The van der Waals surface area contributed by atoms with E-state index in [1.807, 2.05) is 30.3 Å². The fourth-order valence-electron chi connectivity index (χ4n) is 3.76. The molecule has 1 fully saturated rings. The van der Waals surface area contributed by atoms with E-state index in [2.05, 4.69) is 5.32 Å². The summed E-state index contributed by atoms with van der Waals surface area (Å²) in [6, 6.07) is 10.1. The van der Waals surface area contributed by atoms with Crippen molar-refractivity contribution in [3.8, 4) is 0 Å². The lowest BCUT2D eigenvalue weighted by Gasteiger charge is -2.22. The molecule has 1 saturated heterocycles. The Morgan fingerprint density at radius 1 is 0.439 bits per heavy atom. The normalized spacial score (nSPS) is 14.1. The van der Waals surface area contributed by atoms with Crippen LogP contribution in [0.15, 0.2) is 30.3 Å². The third-order valence-corrected chi connectivity index (χ3v) is 5.96. The number of nitrogens with one attached hydrogen (secondary N) is 1. The Bertz CT molecular complexity index is 651. The van der Waals surface area contributed by atoms with E-state index < -0.39 is 0 Å². The van der Waals surface area contributed by atoms with Gasteiger partial charge in [-0.05, 0) is 31.5 Å². The van der Waals surface area contributed by atoms with E-state index in [1.54, 1.807) is 0 Å². The van der Waals surface area contributed by atoms with Gasteiger partial charge in [0.05, 0.1) is 132 Å². The third-order valence-electron chi connectivity index (χ3n) is 5.96. The van der Waals surface area contributed by atoms with Crippen molar-refractivity contribution in [2.45, 2.75) is 25.6 Å². The monoisotopic (exact) mass is 587 g/mol. The Morgan fingerprint density at radius 2 is 0.780 bits per heavy atom. The van der Waals surface area contributed by atoms with Crippen LogP contribution in [-0.2, 0) is 54.0 Å². The van der Waals surface area contributed by atoms with Crippen LogP contribution in [0.2, 0.25) is 0 Å². The minimum Gasteiger partial charge on any atom is -0.377 e. The molecule has 238 valence electrons. The van der Waals surface area contributed by atoms with Crippen LogP contribution in [0.1, 0.15) is 18.4 Å². The second-order valence-electron chi connectivity index (χ2n) is 9.26. The molecular weight excluding hydrogens is 534 g/mol. The first-order valence-corrected chi connectivity index (χ1v) is 15.0. The summed E-state index contributed by atoms with van der Waals surface area (Å²) in [6.45, 7) is 12.6. The van der Waals surface area contributed by atoms with Crippen molar-refractivity contribution in [1.29, 1.82) is 0 Å². The highest BCUT2D eigenvalue weighted by Crippen LogP contribution is 2.06. The molecule has 1 aliphatic heterocycles. The highest BCUT2D eigenvalue weighted by molar-refractivity contribution is 5.13. The van der Waals surface area contributed by atoms with Crippen LogP contribution in [0.4, 0.5) is 0 Å². The summed E-state index contributed by atoms with van der Waals surface area (Å²) in [5, 5.41) is 3.33. The molecule has 0 amide bonds. The first-order valence-electron chi connectivity index (χ1n) is 15.0. The third kappa shape index (κ3) is 24.0. The highest BCUT2D eigenvalue weighted by atomic mass is 16.6. The highest BCUT2D eigenvalue weighted by Gasteiger charge is 2.12. The second-order valence-corrected chi connectivity index (χ2v) is 9.26. The average molecular weight is 588 g/mol. The van der Waals surface area contributed by atoms with Crippen LogP contribution in [0.5, 0.6) is 0 Å². The van der Waals surface area contributed by atoms with Gasteiger partial charge in [0.1, 0.15) is 0 Å². The van der Waals surface area contributed by atoms with Crippen LogP contribution in [0.3, 0.4) is 0 Å². The Morgan fingerprint density at radius 3 is 1.17 bits per heavy atom. The molecule has 11 heteroatoms. The van der Waals surface area contributed by atoms with Gasteiger partial charge >= 0.3 is 0 Å². The summed E-state index contributed by atoms with van der Waals surface area (Å²) in [5.74, 6) is 0. The lowest BCUT2D eigenvalue weighted by Crippen LogP contribution is -2.33. The van der Waals surface area contributed by atoms with Crippen molar-refractivity contribution >= 4 is 0 Å². The van der Waals surface area contributed by atoms with Crippen molar-refractivity contribution in [2.75, 3.05) is 132 Å². The van der Waals surface area contributed by atoms with Gasteiger partial charge in [-0.2, -0.15) is 0 Å². The minimum absolute atomic E-state index is 0.376. The largest absolute Gasteiger partial charge is 0.377 e. The molecule has 1 aliphatic rings. The smallest absolute Gasteiger partial charge is 0.0718 e. The molecule has 0 spiro atoms. The lowest BCUT2D eigenvalue weighted by atomic mass is 10.1. The first-order chi connectivity index (χ1) is 20.4. The number of hydrogen-bond acceptors (Lipinski definition) is 11. The molecule has 1 aromatic rings. The van der Waals surface area contributed by atoms with E-state index in [-0.39, 0.29) is 0 Å². The molecule has 1 N–H and O–H groups in total. The van der Waals surface area contributed by atoms with Crippen molar-refractivity contribution in [3.63, 3.8) is 0 Å². The molecule has 0 bridgehead atoms. The number of rotatable bonds is 30. The summed E-state index contributed by atoms with van der Waals surface area (Å²) in [5.41, 5.74) is 1.16. The van der Waals surface area contributed by atoms with E-state index in [4.69, 9.17) is 47.4 Å². The van der Waals surface area contributed by atoms with E-state index in [1.165, 1.54) is 0 Å². The molecule has 0 radical (unpaired) electrons. The van der Waals surface area contributed by atoms with E-state index in [9.17, 15) is 0 Å². The summed E-state index contributed by atoms with van der Waals surface area (Å²) in [6.07, 6.45) is 2.54. The van der Waals surface area contributed by atoms with Crippen molar-refractivity contribution in [1.82, 2.24) is 5.32 Å². The van der Waals surface area contributed by atoms with Gasteiger partial charge in [0, 0.05) is 0 Å². The Labute approximate surface area is 246 Å². The molecular formula is C30H53NO10. The predicted molar refractivity (Wildman–Crippen MR) is 154 cm³/mol. The van der Waals surface area contributed by atoms with Gasteiger partial charge in [-0.15, -0.1) is 0 Å². The summed E-state index contributed by atoms with van der Waals surface area (Å²) < 4.78 is 55.3. The van der Waals surface area contributed by atoms with Crippen LogP contribution in [0, 0.1) is 0 Å². The van der Waals surface area contributed by atoms with Gasteiger partial charge < -0.3 is 52.7 Å². The van der Waals surface area contributed by atoms with Gasteiger partial charge in [-0.25, -0.2) is 0 Å². The molecule has 0 aliphatic carbocycles. The summed E-state index contributed by atoms with van der Waals surface area (Å²) in [4.78, 5) is 0. The van der Waals surface area contributed by atoms with E-state index >= 15 is 0 Å². The van der Waals surface area contributed by atoms with Crippen LogP contribution in [-0.4, -0.2) is 138 Å². The number of ether oxygens (including phenoxy) is 10. The van der Waals surface area contributed by atoms with E-state index in [0.29, 0.717) is 132 Å². The van der Waals surface area contributed by atoms with Crippen LogP contribution >= 0.6 is 0 Å². The standard InChI is InChI=1S/C30H53NO10/c1-2-4-29(5-3-1)28-40-25-24-38-21-20-36-17-16-34-13-12-32-10-11-33-14-15-35-18-19-37-22-23-39-26-27-41-30-6-8-31-9-7-30/h1-5,30-31H,6-28H2. The maximum Gasteiger partial charge on any atom is 0.0718 e. The Hall–Kier alpha value is -1.22. The Balaban J connectivity index is 1.14. The van der Waals surface area contributed by atoms with Gasteiger partial charge in [0.15, 0.2) is 0 Å². The summed E-state index contributed by atoms with van der Waals surface area (Å²) in [7, 11) is 0. The molecule has 2 rings (SSSR count). The van der Waals surface area contributed by atoms with Gasteiger partial charge in [-0.3, -0.25) is 0 Å². The molecule has 0 saturated carbocycles. The zero-order valence-electron chi connectivity index (χ0n) is 24.8. The molecule has 0 unspecified atom stereocenters. The Kier molecular flexibility index (Phi) is 25.3. The molecule has 1 aromatic carbocycles. The molecule has 1 heterocycles. The fourth-order valence-corrected chi connectivity index (χ4v) is 3.76. The quantitative estimate of drug-likeness (QED) is 0.134. The molecule has 41 heavy (non-hydrogen) atoms. The molecule has 0 aromatic heterocycles. The lowest BCUT2D eigenvalue weighted by molar-refractivity contribution is -0.0322. The number of hydrogen-bond donors (Lipinski definition) is 1. The first kappa shape index (κ1) is 36.0. The zero-order valence-corrected chi connectivity index (χ0v) is 24.8. The molecule has 0 atom stereocenters. The van der Waals surface area contributed by atoms with Crippen molar-refractivity contribution < 1.29 is 47.4 Å². The number of benzene rings is 1. The van der Waals surface area contributed by atoms with Gasteiger partial charge in [-0.1, -0.05) is 30.3 Å². The average Bonchev–Trinajstić information content (AvgIpc) is 3.01. The van der Waals surface area contributed by atoms with E-state index in [0.717, 1.165) is 31.5 Å². The zero-order chi connectivity index (χ0) is 28.7. The van der Waals surface area contributed by atoms with Gasteiger partial charge in [0.25, 0.3) is 0 Å². The van der Waals surface area contributed by atoms with Crippen LogP contribution in [0.25, 0.3) is 0 Å². The maximum atomic E-state index is 5.79. The van der Waals surface area contributed by atoms with Crippen LogP contribution < -0.4 is 5.32 Å². The van der Waals surface area contributed by atoms with Gasteiger partial charge in [0.2, 0.25) is 0 Å². The topological polar surface area (TPSA) is 104 Å². The maximum absolute atomic E-state index is 5.79. The van der Waals surface area contributed by atoms with Crippen molar-refractivity contribution in [3.05, 3.63) is 35.9 Å². The second kappa shape index (κ2) is 28.9. The number of piperidine rings is 1. The predicted octanol–water partition coefficient (Wildman–Crippen LogP) is 2.10.